The van der Waals surface area contributed by atoms with Crippen LogP contribution in [0.15, 0.2) is 4.99 Å². The molecule has 0 radical (unpaired) electrons. The second kappa shape index (κ2) is 9.80. The van der Waals surface area contributed by atoms with Crippen LogP contribution in [0.2, 0.25) is 0 Å². The number of carbonyl (C=O) groups excluding carboxylic acids is 1. The highest BCUT2D eigenvalue weighted by Crippen LogP contribution is 2.37. The third-order valence-electron chi connectivity index (χ3n) is 5.24. The maximum Gasteiger partial charge on any atom is 0.410 e. The molecule has 1 atom stereocenters. The molecule has 1 spiro atoms. The van der Waals surface area contributed by atoms with Crippen molar-refractivity contribution >= 4 is 36.0 Å². The number of nitrogens with two attached hydrogens (primary N) is 1. The van der Waals surface area contributed by atoms with E-state index in [-0.39, 0.29) is 42.0 Å². The van der Waals surface area contributed by atoms with Gasteiger partial charge in [0, 0.05) is 39.0 Å². The highest BCUT2D eigenvalue weighted by Gasteiger charge is 2.42. The van der Waals surface area contributed by atoms with E-state index >= 15 is 0 Å². The number of hydrogen-bond acceptors (Lipinski definition) is 5. The van der Waals surface area contributed by atoms with Gasteiger partial charge in [0.1, 0.15) is 11.7 Å². The van der Waals surface area contributed by atoms with Crippen LogP contribution in [0, 0.1) is 0 Å². The van der Waals surface area contributed by atoms with Crippen molar-refractivity contribution in [2.75, 3.05) is 39.3 Å². The van der Waals surface area contributed by atoms with E-state index in [2.05, 4.69) is 4.99 Å². The Morgan fingerprint density at radius 1 is 1.14 bits per heavy atom. The van der Waals surface area contributed by atoms with Crippen molar-refractivity contribution in [3.05, 3.63) is 0 Å². The van der Waals surface area contributed by atoms with Crippen molar-refractivity contribution in [3.8, 4) is 0 Å². The van der Waals surface area contributed by atoms with Gasteiger partial charge in [0.15, 0.2) is 11.7 Å². The van der Waals surface area contributed by atoms with Gasteiger partial charge in [0.2, 0.25) is 0 Å². The second-order valence-electron chi connectivity index (χ2n) is 8.68. The predicted octanol–water partition coefficient (Wildman–Crippen LogP) is 2.55. The van der Waals surface area contributed by atoms with Crippen molar-refractivity contribution in [2.45, 2.75) is 70.4 Å². The summed E-state index contributed by atoms with van der Waals surface area (Å²) in [7, 11) is 0. The molecule has 28 heavy (non-hydrogen) atoms. The molecule has 0 aromatic rings. The van der Waals surface area contributed by atoms with Gasteiger partial charge < -0.3 is 29.7 Å². The van der Waals surface area contributed by atoms with Gasteiger partial charge in [-0.3, -0.25) is 4.99 Å². The van der Waals surface area contributed by atoms with Crippen LogP contribution in [0.5, 0.6) is 0 Å². The molecule has 0 aromatic heterocycles. The largest absolute Gasteiger partial charge is 0.444 e. The summed E-state index contributed by atoms with van der Waals surface area (Å²) in [6.07, 6.45) is 5.27. The molecule has 8 nitrogen and oxygen atoms in total. The number of rotatable bonds is 2. The lowest BCUT2D eigenvalue weighted by Gasteiger charge is -2.36. The van der Waals surface area contributed by atoms with Crippen molar-refractivity contribution in [1.29, 1.82) is 0 Å². The van der Waals surface area contributed by atoms with E-state index in [0.29, 0.717) is 45.3 Å². The highest BCUT2D eigenvalue weighted by atomic mass is 127. The number of amides is 1. The summed E-state index contributed by atoms with van der Waals surface area (Å²) in [5.41, 5.74) is 5.69. The van der Waals surface area contributed by atoms with Gasteiger partial charge in [-0.05, 0) is 33.6 Å². The third kappa shape index (κ3) is 6.35. The van der Waals surface area contributed by atoms with Crippen LogP contribution in [0.25, 0.3) is 0 Å². The molecular weight excluding hydrogens is 475 g/mol. The quantitative estimate of drug-likeness (QED) is 0.349. The van der Waals surface area contributed by atoms with Gasteiger partial charge in [0.25, 0.3) is 0 Å². The number of ether oxygens (including phenoxy) is 3. The fraction of sp³-hybridized carbons (Fsp3) is 0.895. The number of nitrogens with zero attached hydrogens (tertiary/aromatic N) is 3. The average Bonchev–Trinajstić information content (AvgIpc) is 3.01. The molecule has 3 fully saturated rings. The van der Waals surface area contributed by atoms with Gasteiger partial charge >= 0.3 is 6.09 Å². The van der Waals surface area contributed by atoms with E-state index in [9.17, 15) is 4.79 Å². The summed E-state index contributed by atoms with van der Waals surface area (Å²) in [4.78, 5) is 20.4. The van der Waals surface area contributed by atoms with E-state index in [1.165, 1.54) is 19.3 Å². The van der Waals surface area contributed by atoms with Crippen molar-refractivity contribution in [1.82, 2.24) is 9.80 Å². The fourth-order valence-electron chi connectivity index (χ4n) is 3.80. The summed E-state index contributed by atoms with van der Waals surface area (Å²) in [6, 6.07) is 0. The maximum atomic E-state index is 12.1. The topological polar surface area (TPSA) is 89.6 Å². The van der Waals surface area contributed by atoms with Crippen LogP contribution in [0.4, 0.5) is 4.79 Å². The number of carbonyl (C=O) groups is 1. The molecule has 0 aromatic carbocycles. The van der Waals surface area contributed by atoms with E-state index in [0.717, 1.165) is 12.8 Å². The monoisotopic (exact) mass is 510 g/mol. The van der Waals surface area contributed by atoms with Gasteiger partial charge in [-0.25, -0.2) is 4.79 Å². The molecule has 1 amide bonds. The smallest absolute Gasteiger partial charge is 0.410 e. The molecule has 2 aliphatic heterocycles. The van der Waals surface area contributed by atoms with Crippen LogP contribution < -0.4 is 5.73 Å². The summed E-state index contributed by atoms with van der Waals surface area (Å²) < 4.78 is 17.5. The zero-order valence-electron chi connectivity index (χ0n) is 17.3. The van der Waals surface area contributed by atoms with Gasteiger partial charge in [-0.1, -0.05) is 6.42 Å². The van der Waals surface area contributed by atoms with Crippen LogP contribution >= 0.6 is 24.0 Å². The predicted molar refractivity (Wildman–Crippen MR) is 118 cm³/mol. The minimum atomic E-state index is -0.478. The summed E-state index contributed by atoms with van der Waals surface area (Å²) in [5, 5.41) is 0. The molecular formula is C19H35IN4O4. The lowest BCUT2D eigenvalue weighted by atomic mass is 9.94. The zero-order chi connectivity index (χ0) is 19.5. The summed E-state index contributed by atoms with van der Waals surface area (Å²) in [6.45, 7) is 9.19. The lowest BCUT2D eigenvalue weighted by molar-refractivity contribution is -0.186. The zero-order valence-corrected chi connectivity index (χ0v) is 19.6. The first-order valence-corrected chi connectivity index (χ1v) is 10.1. The third-order valence-corrected chi connectivity index (χ3v) is 5.24. The molecule has 1 aliphatic carbocycles. The van der Waals surface area contributed by atoms with Gasteiger partial charge in [-0.15, -0.1) is 24.0 Å². The highest BCUT2D eigenvalue weighted by molar-refractivity contribution is 14.0. The first-order chi connectivity index (χ1) is 12.8. The maximum absolute atomic E-state index is 12.1. The molecule has 9 heteroatoms. The molecule has 162 valence electrons. The van der Waals surface area contributed by atoms with Crippen LogP contribution in [0.1, 0.15) is 52.9 Å². The Bertz CT molecular complexity index is 553. The number of hydrogen-bond donors (Lipinski definition) is 1. The Morgan fingerprint density at radius 3 is 2.36 bits per heavy atom. The first-order valence-electron chi connectivity index (χ1n) is 10.1. The van der Waals surface area contributed by atoms with E-state index in [1.54, 1.807) is 4.90 Å². The lowest BCUT2D eigenvalue weighted by Crippen LogP contribution is -2.53. The molecule has 1 saturated carbocycles. The van der Waals surface area contributed by atoms with Gasteiger partial charge in [-0.2, -0.15) is 0 Å². The Labute approximate surface area is 185 Å². The van der Waals surface area contributed by atoms with E-state index in [1.807, 2.05) is 25.7 Å². The van der Waals surface area contributed by atoms with Crippen LogP contribution in [-0.2, 0) is 14.2 Å². The van der Waals surface area contributed by atoms with E-state index < -0.39 is 5.60 Å². The Balaban J connectivity index is 0.00000280. The second-order valence-corrected chi connectivity index (χ2v) is 8.68. The standard InChI is InChI=1S/C19H34N4O4.HI/c1-18(2,3)27-17(24)23-11-9-22(10-12-23)16(20)21-13-15-14-25-19(26-15)7-5-4-6-8-19;/h15H,4-14H2,1-3H3,(H2,20,21);1H. The summed E-state index contributed by atoms with van der Waals surface area (Å²) in [5.74, 6) is 0.138. The Hall–Kier alpha value is -0.810. The molecule has 2 saturated heterocycles. The SMILES string of the molecule is CC(C)(C)OC(=O)N1CCN(C(N)=NCC2COC3(CCCCC3)O2)CC1.I. The Kier molecular flexibility index (Phi) is 8.21. The number of piperazine rings is 1. The van der Waals surface area contributed by atoms with Crippen LogP contribution in [0.3, 0.4) is 0 Å². The van der Waals surface area contributed by atoms with E-state index in [4.69, 9.17) is 19.9 Å². The van der Waals surface area contributed by atoms with Crippen LogP contribution in [-0.4, -0.2) is 78.7 Å². The number of halogens is 1. The first kappa shape index (κ1) is 23.5. The molecule has 1 unspecified atom stereocenters. The fourth-order valence-corrected chi connectivity index (χ4v) is 3.80. The number of aliphatic imine (C=N–C) groups is 1. The number of guanidine groups is 1. The molecule has 3 aliphatic rings. The molecule has 2 N–H and O–H groups in total. The summed E-state index contributed by atoms with van der Waals surface area (Å²) >= 11 is 0. The van der Waals surface area contributed by atoms with Crippen molar-refractivity contribution < 1.29 is 19.0 Å². The van der Waals surface area contributed by atoms with Gasteiger partial charge in [0.05, 0.1) is 13.2 Å². The Morgan fingerprint density at radius 2 is 1.75 bits per heavy atom. The van der Waals surface area contributed by atoms with Crippen molar-refractivity contribution in [2.24, 2.45) is 10.7 Å². The average molecular weight is 510 g/mol. The van der Waals surface area contributed by atoms with Crippen molar-refractivity contribution in [3.63, 3.8) is 0 Å². The molecule has 3 rings (SSSR count). The minimum Gasteiger partial charge on any atom is -0.444 e. The molecule has 2 heterocycles. The minimum absolute atomic E-state index is 0. The molecule has 0 bridgehead atoms. The normalized spacial score (nSPS) is 25.5.